The third-order valence-corrected chi connectivity index (χ3v) is 3.12. The highest BCUT2D eigenvalue weighted by Gasteiger charge is 2.03. The zero-order chi connectivity index (χ0) is 14.6. The quantitative estimate of drug-likeness (QED) is 0.424. The zero-order valence-corrected chi connectivity index (χ0v) is 12.8. The molecule has 1 rings (SSSR count). The van der Waals surface area contributed by atoms with Crippen LogP contribution in [0.25, 0.3) is 0 Å². The lowest BCUT2D eigenvalue weighted by atomic mass is 10.2. The second-order valence-electron chi connectivity index (χ2n) is 4.81. The van der Waals surface area contributed by atoms with Gasteiger partial charge in [0.2, 0.25) is 0 Å². The van der Waals surface area contributed by atoms with E-state index in [1.165, 1.54) is 11.3 Å². The molecule has 0 aliphatic carbocycles. The summed E-state index contributed by atoms with van der Waals surface area (Å²) in [6.07, 6.45) is 7.20. The van der Waals surface area contributed by atoms with Crippen LogP contribution in [0.4, 0.5) is 0 Å². The molecule has 0 saturated heterocycles. The zero-order valence-electron chi connectivity index (χ0n) is 12.8. The second kappa shape index (κ2) is 10.2. The predicted octanol–water partition coefficient (Wildman–Crippen LogP) is 3.57. The standard InChI is InChI=1S/C17H27N3/c1-3-5-14-20(15-16-10-7-6-8-11-16)19-17(4-2)12-9-13-18/h3,5-8,10-11H,4,9,12-15,18H2,1-2H3/b5-3+,19-17+. The molecule has 0 heterocycles. The van der Waals surface area contributed by atoms with Gasteiger partial charge in [0, 0.05) is 5.71 Å². The second-order valence-corrected chi connectivity index (χ2v) is 4.81. The number of nitrogens with zero attached hydrogens (tertiary/aromatic N) is 2. The molecule has 0 fully saturated rings. The molecule has 0 aromatic heterocycles. The molecule has 0 bridgehead atoms. The molecule has 2 N–H and O–H groups in total. The van der Waals surface area contributed by atoms with E-state index < -0.39 is 0 Å². The fourth-order valence-electron chi connectivity index (χ4n) is 1.97. The molecule has 0 saturated carbocycles. The fraction of sp³-hybridized carbons (Fsp3) is 0.471. The molecule has 3 nitrogen and oxygen atoms in total. The number of hydrogen-bond acceptors (Lipinski definition) is 3. The van der Waals surface area contributed by atoms with Gasteiger partial charge < -0.3 is 5.73 Å². The first-order chi connectivity index (χ1) is 9.80. The van der Waals surface area contributed by atoms with Gasteiger partial charge in [-0.15, -0.1) is 0 Å². The van der Waals surface area contributed by atoms with Crippen LogP contribution in [0.15, 0.2) is 47.6 Å². The Bertz CT molecular complexity index is 410. The molecule has 0 unspecified atom stereocenters. The maximum absolute atomic E-state index is 5.59. The SMILES string of the molecule is C/C=C/CN(Cc1ccccc1)/N=C(\CC)CCCN. The predicted molar refractivity (Wildman–Crippen MR) is 87.7 cm³/mol. The van der Waals surface area contributed by atoms with Gasteiger partial charge in [0.1, 0.15) is 0 Å². The van der Waals surface area contributed by atoms with Crippen LogP contribution in [0.5, 0.6) is 0 Å². The molecule has 0 aliphatic rings. The van der Waals surface area contributed by atoms with Crippen molar-refractivity contribution < 1.29 is 0 Å². The molecule has 20 heavy (non-hydrogen) atoms. The minimum atomic E-state index is 0.729. The van der Waals surface area contributed by atoms with Crippen molar-refractivity contribution in [2.45, 2.75) is 39.7 Å². The van der Waals surface area contributed by atoms with Crippen molar-refractivity contribution in [2.24, 2.45) is 10.8 Å². The highest BCUT2D eigenvalue weighted by Crippen LogP contribution is 2.07. The Morgan fingerprint density at radius 2 is 2.05 bits per heavy atom. The first-order valence-corrected chi connectivity index (χ1v) is 7.46. The number of hydrazone groups is 1. The van der Waals surface area contributed by atoms with Crippen molar-refractivity contribution in [2.75, 3.05) is 13.1 Å². The summed E-state index contributed by atoms with van der Waals surface area (Å²) in [7, 11) is 0. The summed E-state index contributed by atoms with van der Waals surface area (Å²) in [5.74, 6) is 0. The molecule has 0 radical (unpaired) electrons. The summed E-state index contributed by atoms with van der Waals surface area (Å²) in [6, 6.07) is 10.5. The Labute approximate surface area is 123 Å². The lowest BCUT2D eigenvalue weighted by molar-refractivity contribution is 0.309. The first kappa shape index (κ1) is 16.4. The molecule has 3 heteroatoms. The van der Waals surface area contributed by atoms with E-state index in [1.807, 2.05) is 13.0 Å². The van der Waals surface area contributed by atoms with E-state index in [0.29, 0.717) is 0 Å². The third-order valence-electron chi connectivity index (χ3n) is 3.12. The van der Waals surface area contributed by atoms with Gasteiger partial charge in [-0.2, -0.15) is 5.10 Å². The summed E-state index contributed by atoms with van der Waals surface area (Å²) >= 11 is 0. The van der Waals surface area contributed by atoms with E-state index in [4.69, 9.17) is 10.8 Å². The average Bonchev–Trinajstić information content (AvgIpc) is 2.49. The number of allylic oxidation sites excluding steroid dienone is 1. The van der Waals surface area contributed by atoms with Crippen LogP contribution in [-0.2, 0) is 6.54 Å². The van der Waals surface area contributed by atoms with Gasteiger partial charge in [-0.25, -0.2) is 0 Å². The summed E-state index contributed by atoms with van der Waals surface area (Å²) in [5, 5.41) is 6.94. The van der Waals surface area contributed by atoms with Crippen LogP contribution in [0.3, 0.4) is 0 Å². The van der Waals surface area contributed by atoms with Crippen LogP contribution >= 0.6 is 0 Å². The normalized spacial score (nSPS) is 12.1. The van der Waals surface area contributed by atoms with Crippen molar-refractivity contribution >= 4 is 5.71 Å². The summed E-state index contributed by atoms with van der Waals surface area (Å²) in [6.45, 7) is 6.62. The maximum Gasteiger partial charge on any atom is 0.0614 e. The Morgan fingerprint density at radius 3 is 2.65 bits per heavy atom. The van der Waals surface area contributed by atoms with Crippen molar-refractivity contribution in [3.8, 4) is 0 Å². The first-order valence-electron chi connectivity index (χ1n) is 7.46. The van der Waals surface area contributed by atoms with Gasteiger partial charge in [-0.1, -0.05) is 49.4 Å². The highest BCUT2D eigenvalue weighted by atomic mass is 15.4. The summed E-state index contributed by atoms with van der Waals surface area (Å²) in [5.41, 5.74) is 8.11. The fourth-order valence-corrected chi connectivity index (χ4v) is 1.97. The van der Waals surface area contributed by atoms with Crippen molar-refractivity contribution in [3.05, 3.63) is 48.0 Å². The molecule has 0 amide bonds. The number of benzene rings is 1. The number of rotatable bonds is 9. The molecule has 0 aliphatic heterocycles. The van der Waals surface area contributed by atoms with E-state index in [-0.39, 0.29) is 0 Å². The largest absolute Gasteiger partial charge is 0.330 e. The van der Waals surface area contributed by atoms with Gasteiger partial charge in [-0.3, -0.25) is 5.01 Å². The Kier molecular flexibility index (Phi) is 8.40. The lowest BCUT2D eigenvalue weighted by Crippen LogP contribution is -2.20. The van der Waals surface area contributed by atoms with Crippen molar-refractivity contribution in [1.29, 1.82) is 0 Å². The monoisotopic (exact) mass is 273 g/mol. The van der Waals surface area contributed by atoms with E-state index in [9.17, 15) is 0 Å². The van der Waals surface area contributed by atoms with E-state index in [2.05, 4.69) is 48.4 Å². The Hall–Kier alpha value is -1.61. The highest BCUT2D eigenvalue weighted by molar-refractivity contribution is 5.83. The molecule has 0 spiro atoms. The van der Waals surface area contributed by atoms with Crippen LogP contribution in [-0.4, -0.2) is 23.8 Å². The minimum absolute atomic E-state index is 0.729. The van der Waals surface area contributed by atoms with Gasteiger partial charge in [-0.05, 0) is 38.3 Å². The number of nitrogens with two attached hydrogens (primary N) is 1. The topological polar surface area (TPSA) is 41.6 Å². The molecule has 1 aromatic rings. The maximum atomic E-state index is 5.59. The molecular formula is C17H27N3. The Balaban J connectivity index is 2.74. The Morgan fingerprint density at radius 1 is 1.30 bits per heavy atom. The van der Waals surface area contributed by atoms with E-state index in [0.717, 1.165) is 38.9 Å². The average molecular weight is 273 g/mol. The smallest absolute Gasteiger partial charge is 0.0614 e. The van der Waals surface area contributed by atoms with Gasteiger partial charge in [0.25, 0.3) is 0 Å². The number of hydrogen-bond donors (Lipinski definition) is 1. The van der Waals surface area contributed by atoms with E-state index in [1.54, 1.807) is 0 Å². The van der Waals surface area contributed by atoms with Crippen LogP contribution in [0.1, 0.15) is 38.7 Å². The van der Waals surface area contributed by atoms with Crippen LogP contribution in [0.2, 0.25) is 0 Å². The van der Waals surface area contributed by atoms with Gasteiger partial charge >= 0.3 is 0 Å². The summed E-state index contributed by atoms with van der Waals surface area (Å²) in [4.78, 5) is 0. The minimum Gasteiger partial charge on any atom is -0.330 e. The lowest BCUT2D eigenvalue weighted by Gasteiger charge is -2.19. The van der Waals surface area contributed by atoms with Gasteiger partial charge in [0.05, 0.1) is 13.1 Å². The third kappa shape index (κ3) is 6.53. The molecular weight excluding hydrogens is 246 g/mol. The van der Waals surface area contributed by atoms with E-state index >= 15 is 0 Å². The van der Waals surface area contributed by atoms with Crippen LogP contribution in [0, 0.1) is 0 Å². The summed E-state index contributed by atoms with van der Waals surface area (Å²) < 4.78 is 0. The molecule has 1 aromatic carbocycles. The molecule has 0 atom stereocenters. The van der Waals surface area contributed by atoms with Crippen molar-refractivity contribution in [1.82, 2.24) is 5.01 Å². The molecule has 110 valence electrons. The van der Waals surface area contributed by atoms with Crippen molar-refractivity contribution in [3.63, 3.8) is 0 Å². The van der Waals surface area contributed by atoms with Gasteiger partial charge in [0.15, 0.2) is 0 Å². The van der Waals surface area contributed by atoms with Crippen LogP contribution < -0.4 is 5.73 Å².